The van der Waals surface area contributed by atoms with Crippen molar-refractivity contribution in [2.24, 2.45) is 0 Å². The van der Waals surface area contributed by atoms with Crippen LogP contribution < -0.4 is 5.32 Å². The number of hydrogen-bond acceptors (Lipinski definition) is 4. The highest BCUT2D eigenvalue weighted by Crippen LogP contribution is 2.17. The summed E-state index contributed by atoms with van der Waals surface area (Å²) in [6, 6.07) is 5.43. The van der Waals surface area contributed by atoms with Crippen LogP contribution in [0, 0.1) is 6.92 Å². The number of rotatable bonds is 3. The van der Waals surface area contributed by atoms with E-state index in [1.165, 1.54) is 0 Å². The van der Waals surface area contributed by atoms with Crippen LogP contribution in [0.5, 0.6) is 0 Å². The fourth-order valence-electron chi connectivity index (χ4n) is 1.19. The van der Waals surface area contributed by atoms with Crippen LogP contribution in [0.25, 0.3) is 0 Å². The molecule has 5 heteroatoms. The average Bonchev–Trinajstić information content (AvgIpc) is 2.63. The summed E-state index contributed by atoms with van der Waals surface area (Å²) in [7, 11) is 0. The van der Waals surface area contributed by atoms with E-state index in [9.17, 15) is 0 Å². The number of aromatic nitrogens is 2. The molecule has 0 saturated carbocycles. The Bertz CT molecular complexity index is 455. The Morgan fingerprint density at radius 1 is 1.53 bits per heavy atom. The smallest absolute Gasteiger partial charge is 0.145 e. The lowest BCUT2D eigenvalue weighted by molar-refractivity contribution is 0.391. The standard InChI is InChI=1S/C10H10ClN3O/c1-7-5-8(14-15-7)6-13-10-9(11)3-2-4-12-10/h2-5H,6H2,1H3,(H,12,13). The quantitative estimate of drug-likeness (QED) is 0.869. The van der Waals surface area contributed by atoms with E-state index in [0.717, 1.165) is 11.5 Å². The molecular weight excluding hydrogens is 214 g/mol. The van der Waals surface area contributed by atoms with Gasteiger partial charge in [-0.15, -0.1) is 0 Å². The summed E-state index contributed by atoms with van der Waals surface area (Å²) in [5.41, 5.74) is 0.828. The second-order valence-electron chi connectivity index (χ2n) is 3.12. The first-order valence-corrected chi connectivity index (χ1v) is 4.90. The maximum atomic E-state index is 5.93. The average molecular weight is 224 g/mol. The SMILES string of the molecule is Cc1cc(CNc2ncccc2Cl)no1. The molecule has 4 nitrogen and oxygen atoms in total. The number of hydrogen-bond donors (Lipinski definition) is 1. The number of aryl methyl sites for hydroxylation is 1. The number of nitrogens with zero attached hydrogens (tertiary/aromatic N) is 2. The zero-order valence-electron chi connectivity index (χ0n) is 8.20. The van der Waals surface area contributed by atoms with Crippen molar-refractivity contribution in [3.05, 3.63) is 40.9 Å². The van der Waals surface area contributed by atoms with Gasteiger partial charge in [0, 0.05) is 12.3 Å². The number of halogens is 1. The molecule has 0 saturated heterocycles. The van der Waals surface area contributed by atoms with E-state index in [1.807, 2.05) is 13.0 Å². The van der Waals surface area contributed by atoms with Crippen molar-refractivity contribution in [3.63, 3.8) is 0 Å². The first kappa shape index (κ1) is 9.98. The Morgan fingerprint density at radius 3 is 3.07 bits per heavy atom. The predicted molar refractivity (Wildman–Crippen MR) is 57.8 cm³/mol. The lowest BCUT2D eigenvalue weighted by Crippen LogP contribution is -2.01. The minimum absolute atomic E-state index is 0.550. The topological polar surface area (TPSA) is 51.0 Å². The summed E-state index contributed by atoms with van der Waals surface area (Å²) in [5, 5.41) is 7.52. The number of pyridine rings is 1. The van der Waals surface area contributed by atoms with Crippen molar-refractivity contribution in [1.29, 1.82) is 0 Å². The Kier molecular flexibility index (Phi) is 2.87. The predicted octanol–water partition coefficient (Wildman–Crippen LogP) is 2.64. The molecule has 0 unspecified atom stereocenters. The molecule has 0 aliphatic heterocycles. The molecule has 0 aliphatic rings. The van der Waals surface area contributed by atoms with Crippen LogP contribution in [0.1, 0.15) is 11.5 Å². The maximum absolute atomic E-state index is 5.93. The Hall–Kier alpha value is -1.55. The van der Waals surface area contributed by atoms with Crippen LogP contribution in [0.3, 0.4) is 0 Å². The third-order valence-electron chi connectivity index (χ3n) is 1.87. The van der Waals surface area contributed by atoms with Gasteiger partial charge in [-0.25, -0.2) is 4.98 Å². The molecule has 0 radical (unpaired) electrons. The summed E-state index contributed by atoms with van der Waals surface area (Å²) < 4.78 is 4.94. The lowest BCUT2D eigenvalue weighted by atomic mass is 10.3. The summed E-state index contributed by atoms with van der Waals surface area (Å²) in [6.45, 7) is 2.40. The van der Waals surface area contributed by atoms with Gasteiger partial charge in [-0.3, -0.25) is 0 Å². The highest BCUT2D eigenvalue weighted by atomic mass is 35.5. The van der Waals surface area contributed by atoms with Gasteiger partial charge in [0.2, 0.25) is 0 Å². The summed E-state index contributed by atoms with van der Waals surface area (Å²) in [6.07, 6.45) is 1.68. The van der Waals surface area contributed by atoms with Gasteiger partial charge >= 0.3 is 0 Å². The summed E-state index contributed by atoms with van der Waals surface area (Å²) in [4.78, 5) is 4.10. The van der Waals surface area contributed by atoms with Crippen molar-refractivity contribution in [1.82, 2.24) is 10.1 Å². The second-order valence-corrected chi connectivity index (χ2v) is 3.52. The molecule has 0 spiro atoms. The molecular formula is C10H10ClN3O. The third kappa shape index (κ3) is 2.47. The monoisotopic (exact) mass is 223 g/mol. The molecule has 15 heavy (non-hydrogen) atoms. The summed E-state index contributed by atoms with van der Waals surface area (Å²) >= 11 is 5.93. The van der Waals surface area contributed by atoms with Gasteiger partial charge in [0.05, 0.1) is 11.6 Å². The number of anilines is 1. The minimum atomic E-state index is 0.550. The maximum Gasteiger partial charge on any atom is 0.145 e. The molecule has 0 aromatic carbocycles. The van der Waals surface area contributed by atoms with E-state index >= 15 is 0 Å². The van der Waals surface area contributed by atoms with Crippen LogP contribution in [0.15, 0.2) is 28.9 Å². The Labute approximate surface area is 92.3 Å². The second kappa shape index (κ2) is 4.31. The van der Waals surface area contributed by atoms with Gasteiger partial charge in [-0.1, -0.05) is 16.8 Å². The van der Waals surface area contributed by atoms with Gasteiger partial charge < -0.3 is 9.84 Å². The molecule has 78 valence electrons. The van der Waals surface area contributed by atoms with Gasteiger partial charge in [-0.05, 0) is 19.1 Å². The van der Waals surface area contributed by atoms with E-state index < -0.39 is 0 Å². The highest BCUT2D eigenvalue weighted by molar-refractivity contribution is 6.32. The van der Waals surface area contributed by atoms with Crippen molar-refractivity contribution in [2.75, 3.05) is 5.32 Å². The molecule has 0 atom stereocenters. The lowest BCUT2D eigenvalue weighted by Gasteiger charge is -2.03. The van der Waals surface area contributed by atoms with Crippen molar-refractivity contribution >= 4 is 17.4 Å². The van der Waals surface area contributed by atoms with Crippen molar-refractivity contribution in [2.45, 2.75) is 13.5 Å². The zero-order chi connectivity index (χ0) is 10.7. The molecule has 2 heterocycles. The van der Waals surface area contributed by atoms with Crippen LogP contribution in [-0.2, 0) is 6.54 Å². The van der Waals surface area contributed by atoms with Crippen molar-refractivity contribution < 1.29 is 4.52 Å². The fraction of sp³-hybridized carbons (Fsp3) is 0.200. The molecule has 2 aromatic rings. The molecule has 0 bridgehead atoms. The van der Waals surface area contributed by atoms with E-state index in [1.54, 1.807) is 18.3 Å². The van der Waals surface area contributed by atoms with Gasteiger partial charge in [0.25, 0.3) is 0 Å². The third-order valence-corrected chi connectivity index (χ3v) is 2.18. The molecule has 2 rings (SSSR count). The zero-order valence-corrected chi connectivity index (χ0v) is 8.95. The first-order valence-electron chi connectivity index (χ1n) is 4.52. The van der Waals surface area contributed by atoms with Gasteiger partial charge in [0.1, 0.15) is 17.3 Å². The number of nitrogens with one attached hydrogen (secondary N) is 1. The van der Waals surface area contributed by atoms with Crippen LogP contribution in [0.2, 0.25) is 5.02 Å². The van der Waals surface area contributed by atoms with Crippen molar-refractivity contribution in [3.8, 4) is 0 Å². The fourth-order valence-corrected chi connectivity index (χ4v) is 1.38. The normalized spacial score (nSPS) is 10.3. The molecule has 2 aromatic heterocycles. The Morgan fingerprint density at radius 2 is 2.40 bits per heavy atom. The van der Waals surface area contributed by atoms with Gasteiger partial charge in [0.15, 0.2) is 0 Å². The van der Waals surface area contributed by atoms with Gasteiger partial charge in [-0.2, -0.15) is 0 Å². The van der Waals surface area contributed by atoms with Crippen LogP contribution in [-0.4, -0.2) is 10.1 Å². The highest BCUT2D eigenvalue weighted by Gasteiger charge is 2.02. The largest absolute Gasteiger partial charge is 0.363 e. The van der Waals surface area contributed by atoms with Crippen LogP contribution in [0.4, 0.5) is 5.82 Å². The van der Waals surface area contributed by atoms with E-state index in [-0.39, 0.29) is 0 Å². The molecule has 1 N–H and O–H groups in total. The Balaban J connectivity index is 2.02. The molecule has 0 fully saturated rings. The van der Waals surface area contributed by atoms with E-state index in [2.05, 4.69) is 15.5 Å². The van der Waals surface area contributed by atoms with E-state index in [0.29, 0.717) is 17.4 Å². The molecule has 0 aliphatic carbocycles. The molecule has 0 amide bonds. The van der Waals surface area contributed by atoms with E-state index in [4.69, 9.17) is 16.1 Å². The van der Waals surface area contributed by atoms with Crippen LogP contribution >= 0.6 is 11.6 Å². The summed E-state index contributed by atoms with van der Waals surface area (Å²) in [5.74, 6) is 1.44. The first-order chi connectivity index (χ1) is 7.25. The minimum Gasteiger partial charge on any atom is -0.363 e.